The molecular formula is C11H18O3. The van der Waals surface area contributed by atoms with Gasteiger partial charge in [0.05, 0.1) is 6.61 Å². The van der Waals surface area contributed by atoms with Gasteiger partial charge in [-0.05, 0) is 32.6 Å². The highest BCUT2D eigenvalue weighted by Gasteiger charge is 2.48. The van der Waals surface area contributed by atoms with E-state index < -0.39 is 5.41 Å². The molecule has 0 aromatic carbocycles. The van der Waals surface area contributed by atoms with E-state index in [4.69, 9.17) is 4.74 Å². The standard InChI is InChI=1S/C11H18O3/c1-4-14-10(13)11(3)8(2)6-5-7-9(11)12/h8H,4-7H2,1-3H3/t8-,11-/m0/s1. The van der Waals surface area contributed by atoms with Crippen molar-refractivity contribution in [3.63, 3.8) is 0 Å². The molecule has 0 heterocycles. The highest BCUT2D eigenvalue weighted by molar-refractivity contribution is 6.04. The molecule has 1 saturated carbocycles. The van der Waals surface area contributed by atoms with E-state index in [-0.39, 0.29) is 17.7 Å². The van der Waals surface area contributed by atoms with Crippen molar-refractivity contribution < 1.29 is 14.3 Å². The van der Waals surface area contributed by atoms with Gasteiger partial charge in [-0.3, -0.25) is 9.59 Å². The minimum atomic E-state index is -0.895. The molecule has 0 N–H and O–H groups in total. The van der Waals surface area contributed by atoms with E-state index in [1.807, 2.05) is 6.92 Å². The van der Waals surface area contributed by atoms with Crippen LogP contribution in [0.5, 0.6) is 0 Å². The second-order valence-corrected chi connectivity index (χ2v) is 4.14. The van der Waals surface area contributed by atoms with Crippen LogP contribution in [0.15, 0.2) is 0 Å². The first-order chi connectivity index (χ1) is 6.53. The first-order valence-electron chi connectivity index (χ1n) is 5.24. The van der Waals surface area contributed by atoms with Gasteiger partial charge >= 0.3 is 5.97 Å². The van der Waals surface area contributed by atoms with Crippen molar-refractivity contribution in [2.45, 2.75) is 40.0 Å². The van der Waals surface area contributed by atoms with Crippen LogP contribution in [0.25, 0.3) is 0 Å². The Morgan fingerprint density at radius 1 is 1.64 bits per heavy atom. The Labute approximate surface area is 84.8 Å². The molecule has 1 aliphatic rings. The molecule has 1 fully saturated rings. The third-order valence-electron chi connectivity index (χ3n) is 3.31. The Kier molecular flexibility index (Phi) is 3.29. The van der Waals surface area contributed by atoms with Crippen molar-refractivity contribution in [3.05, 3.63) is 0 Å². The second-order valence-electron chi connectivity index (χ2n) is 4.14. The molecular weight excluding hydrogens is 180 g/mol. The van der Waals surface area contributed by atoms with E-state index in [1.165, 1.54) is 0 Å². The van der Waals surface area contributed by atoms with Crippen LogP contribution >= 0.6 is 0 Å². The Morgan fingerprint density at radius 3 is 2.79 bits per heavy atom. The molecule has 0 aromatic heterocycles. The molecule has 0 spiro atoms. The molecule has 0 radical (unpaired) electrons. The SMILES string of the molecule is CCOC(=O)[C@]1(C)C(=O)CCC[C@@H]1C. The van der Waals surface area contributed by atoms with Gasteiger partial charge in [0, 0.05) is 6.42 Å². The van der Waals surface area contributed by atoms with Crippen molar-refractivity contribution in [1.82, 2.24) is 0 Å². The van der Waals surface area contributed by atoms with Crippen molar-refractivity contribution in [2.75, 3.05) is 6.61 Å². The van der Waals surface area contributed by atoms with E-state index >= 15 is 0 Å². The number of hydrogen-bond donors (Lipinski definition) is 0. The van der Waals surface area contributed by atoms with Crippen LogP contribution in [0, 0.1) is 11.3 Å². The minimum Gasteiger partial charge on any atom is -0.465 e. The molecule has 1 rings (SSSR count). The summed E-state index contributed by atoms with van der Waals surface area (Å²) < 4.78 is 4.97. The summed E-state index contributed by atoms with van der Waals surface area (Å²) in [5, 5.41) is 0. The van der Waals surface area contributed by atoms with Crippen LogP contribution in [0.4, 0.5) is 0 Å². The van der Waals surface area contributed by atoms with Crippen LogP contribution in [0.1, 0.15) is 40.0 Å². The van der Waals surface area contributed by atoms with Crippen LogP contribution < -0.4 is 0 Å². The summed E-state index contributed by atoms with van der Waals surface area (Å²) in [6.45, 7) is 5.78. The molecule has 80 valence electrons. The molecule has 1 aliphatic carbocycles. The molecule has 0 bridgehead atoms. The smallest absolute Gasteiger partial charge is 0.319 e. The predicted molar refractivity (Wildman–Crippen MR) is 52.8 cm³/mol. The lowest BCUT2D eigenvalue weighted by Gasteiger charge is -2.35. The first kappa shape index (κ1) is 11.2. The van der Waals surface area contributed by atoms with Gasteiger partial charge in [-0.2, -0.15) is 0 Å². The first-order valence-corrected chi connectivity index (χ1v) is 5.24. The number of carbonyl (C=O) groups is 2. The summed E-state index contributed by atoms with van der Waals surface area (Å²) in [6, 6.07) is 0. The monoisotopic (exact) mass is 198 g/mol. The Bertz CT molecular complexity index is 247. The summed E-state index contributed by atoms with van der Waals surface area (Å²) in [6.07, 6.45) is 2.34. The molecule has 0 aromatic rings. The number of carbonyl (C=O) groups excluding carboxylic acids is 2. The van der Waals surface area contributed by atoms with Gasteiger partial charge in [-0.25, -0.2) is 0 Å². The lowest BCUT2D eigenvalue weighted by Crippen LogP contribution is -2.45. The number of hydrogen-bond acceptors (Lipinski definition) is 3. The average Bonchev–Trinajstić information content (AvgIpc) is 2.14. The van der Waals surface area contributed by atoms with Gasteiger partial charge in [0.1, 0.15) is 11.2 Å². The molecule has 3 nitrogen and oxygen atoms in total. The van der Waals surface area contributed by atoms with E-state index in [1.54, 1.807) is 13.8 Å². The summed E-state index contributed by atoms with van der Waals surface area (Å²) in [7, 11) is 0. The fourth-order valence-corrected chi connectivity index (χ4v) is 1.99. The zero-order valence-electron chi connectivity index (χ0n) is 9.13. The Morgan fingerprint density at radius 2 is 2.29 bits per heavy atom. The highest BCUT2D eigenvalue weighted by atomic mass is 16.5. The van der Waals surface area contributed by atoms with Gasteiger partial charge in [0.2, 0.25) is 0 Å². The molecule has 0 unspecified atom stereocenters. The van der Waals surface area contributed by atoms with Crippen molar-refractivity contribution >= 4 is 11.8 Å². The normalized spacial score (nSPS) is 32.8. The number of esters is 1. The summed E-state index contributed by atoms with van der Waals surface area (Å²) in [5.41, 5.74) is -0.895. The Hall–Kier alpha value is -0.860. The topological polar surface area (TPSA) is 43.4 Å². The Balaban J connectivity index is 2.86. The van der Waals surface area contributed by atoms with E-state index in [0.29, 0.717) is 13.0 Å². The van der Waals surface area contributed by atoms with E-state index in [0.717, 1.165) is 12.8 Å². The molecule has 0 aliphatic heterocycles. The maximum atomic E-state index is 11.7. The number of rotatable bonds is 2. The van der Waals surface area contributed by atoms with Crippen molar-refractivity contribution in [2.24, 2.45) is 11.3 Å². The zero-order chi connectivity index (χ0) is 10.8. The zero-order valence-corrected chi connectivity index (χ0v) is 9.13. The van der Waals surface area contributed by atoms with Crippen LogP contribution in [0.2, 0.25) is 0 Å². The molecule has 3 heteroatoms. The van der Waals surface area contributed by atoms with Crippen molar-refractivity contribution in [1.29, 1.82) is 0 Å². The molecule has 2 atom stereocenters. The largest absolute Gasteiger partial charge is 0.465 e. The second kappa shape index (κ2) is 4.11. The van der Waals surface area contributed by atoms with E-state index in [2.05, 4.69) is 0 Å². The van der Waals surface area contributed by atoms with Gasteiger partial charge in [-0.1, -0.05) is 6.92 Å². The number of Topliss-reactive ketones (excluding diaryl/α,β-unsaturated/α-hetero) is 1. The van der Waals surface area contributed by atoms with Crippen LogP contribution in [-0.4, -0.2) is 18.4 Å². The van der Waals surface area contributed by atoms with Gasteiger partial charge in [0.15, 0.2) is 0 Å². The number of ketones is 1. The fourth-order valence-electron chi connectivity index (χ4n) is 1.99. The van der Waals surface area contributed by atoms with Gasteiger partial charge in [-0.15, -0.1) is 0 Å². The molecule has 14 heavy (non-hydrogen) atoms. The van der Waals surface area contributed by atoms with Crippen molar-refractivity contribution in [3.8, 4) is 0 Å². The summed E-state index contributed by atoms with van der Waals surface area (Å²) in [5.74, 6) is -0.213. The minimum absolute atomic E-state index is 0.0368. The third-order valence-corrected chi connectivity index (χ3v) is 3.31. The maximum absolute atomic E-state index is 11.7. The fraction of sp³-hybridized carbons (Fsp3) is 0.818. The maximum Gasteiger partial charge on any atom is 0.319 e. The lowest BCUT2D eigenvalue weighted by atomic mass is 9.67. The lowest BCUT2D eigenvalue weighted by molar-refractivity contribution is -0.164. The van der Waals surface area contributed by atoms with Crippen LogP contribution in [0.3, 0.4) is 0 Å². The summed E-state index contributed by atoms with van der Waals surface area (Å²) >= 11 is 0. The van der Waals surface area contributed by atoms with E-state index in [9.17, 15) is 9.59 Å². The quantitative estimate of drug-likeness (QED) is 0.503. The summed E-state index contributed by atoms with van der Waals surface area (Å²) in [4.78, 5) is 23.4. The van der Waals surface area contributed by atoms with Crippen LogP contribution in [-0.2, 0) is 14.3 Å². The van der Waals surface area contributed by atoms with Gasteiger partial charge in [0.25, 0.3) is 0 Å². The molecule has 0 saturated heterocycles. The van der Waals surface area contributed by atoms with Gasteiger partial charge < -0.3 is 4.74 Å². The highest BCUT2D eigenvalue weighted by Crippen LogP contribution is 2.39. The third kappa shape index (κ3) is 1.68. The average molecular weight is 198 g/mol. The number of ether oxygens (including phenoxy) is 1. The predicted octanol–water partition coefficient (Wildman–Crippen LogP) is 1.94. The molecule has 0 amide bonds.